The molecule has 0 radical (unpaired) electrons. The second kappa shape index (κ2) is 6.16. The van der Waals surface area contributed by atoms with Crippen molar-refractivity contribution in [3.05, 3.63) is 40.8 Å². The highest BCUT2D eigenvalue weighted by molar-refractivity contribution is 9.10. The fourth-order valence-electron chi connectivity index (χ4n) is 1.89. The van der Waals surface area contributed by atoms with E-state index in [0.29, 0.717) is 0 Å². The van der Waals surface area contributed by atoms with E-state index in [1.165, 1.54) is 0 Å². The molecule has 1 atom stereocenters. The molecule has 4 heteroatoms. The molecule has 1 aromatic carbocycles. The Labute approximate surface area is 116 Å². The van der Waals surface area contributed by atoms with Gasteiger partial charge in [0.1, 0.15) is 5.82 Å². The number of aromatic nitrogens is 2. The van der Waals surface area contributed by atoms with E-state index >= 15 is 0 Å². The fraction of sp³-hybridized carbons (Fsp3) is 0.357. The van der Waals surface area contributed by atoms with Crippen LogP contribution >= 0.6 is 15.9 Å². The van der Waals surface area contributed by atoms with E-state index in [9.17, 15) is 0 Å². The molecule has 0 spiro atoms. The minimum absolute atomic E-state index is 0.00542. The van der Waals surface area contributed by atoms with Crippen LogP contribution in [0.1, 0.15) is 38.1 Å². The van der Waals surface area contributed by atoms with Crippen LogP contribution in [0.2, 0.25) is 0 Å². The average Bonchev–Trinajstić information content (AvgIpc) is 2.85. The molecule has 1 unspecified atom stereocenters. The molecule has 18 heavy (non-hydrogen) atoms. The minimum atomic E-state index is 0.00542. The first-order valence-corrected chi connectivity index (χ1v) is 7.06. The summed E-state index contributed by atoms with van der Waals surface area (Å²) in [5.41, 5.74) is 8.23. The summed E-state index contributed by atoms with van der Waals surface area (Å²) in [6.45, 7) is 2.17. The van der Waals surface area contributed by atoms with Gasteiger partial charge < -0.3 is 10.7 Å². The normalized spacial score (nSPS) is 12.6. The number of hydrogen-bond donors (Lipinski definition) is 2. The first kappa shape index (κ1) is 13.3. The van der Waals surface area contributed by atoms with Gasteiger partial charge in [-0.3, -0.25) is 0 Å². The Morgan fingerprint density at radius 3 is 3.00 bits per heavy atom. The Hall–Kier alpha value is -1.13. The lowest BCUT2D eigenvalue weighted by Crippen LogP contribution is -2.11. The van der Waals surface area contributed by atoms with Crippen molar-refractivity contribution in [1.29, 1.82) is 0 Å². The van der Waals surface area contributed by atoms with Gasteiger partial charge in [0.2, 0.25) is 0 Å². The molecule has 0 saturated carbocycles. The number of imidazole rings is 1. The smallest absolute Gasteiger partial charge is 0.123 e. The van der Waals surface area contributed by atoms with Gasteiger partial charge in [0.25, 0.3) is 0 Å². The lowest BCUT2D eigenvalue weighted by Gasteiger charge is -2.07. The number of hydrogen-bond acceptors (Lipinski definition) is 2. The maximum Gasteiger partial charge on any atom is 0.123 e. The van der Waals surface area contributed by atoms with Crippen molar-refractivity contribution in [2.75, 3.05) is 0 Å². The highest BCUT2D eigenvalue weighted by Crippen LogP contribution is 2.23. The lowest BCUT2D eigenvalue weighted by molar-refractivity contribution is 0.580. The number of nitrogens with two attached hydrogens (primary N) is 1. The van der Waals surface area contributed by atoms with Gasteiger partial charge in [-0.25, -0.2) is 4.98 Å². The summed E-state index contributed by atoms with van der Waals surface area (Å²) in [4.78, 5) is 7.69. The van der Waals surface area contributed by atoms with Gasteiger partial charge in [-0.15, -0.1) is 0 Å². The zero-order valence-corrected chi connectivity index (χ0v) is 12.1. The van der Waals surface area contributed by atoms with Gasteiger partial charge in [0.05, 0.1) is 17.9 Å². The first-order chi connectivity index (χ1) is 8.70. The van der Waals surface area contributed by atoms with Crippen LogP contribution in [0.5, 0.6) is 0 Å². The molecule has 0 aliphatic rings. The van der Waals surface area contributed by atoms with Crippen LogP contribution < -0.4 is 5.73 Å². The third-order valence-electron chi connectivity index (χ3n) is 2.95. The topological polar surface area (TPSA) is 54.7 Å². The molecule has 0 saturated heterocycles. The van der Waals surface area contributed by atoms with Crippen LogP contribution in [0.3, 0.4) is 0 Å². The summed E-state index contributed by atoms with van der Waals surface area (Å²) >= 11 is 3.47. The van der Waals surface area contributed by atoms with Gasteiger partial charge in [-0.05, 0) is 18.6 Å². The molecule has 0 fully saturated rings. The van der Waals surface area contributed by atoms with Gasteiger partial charge >= 0.3 is 0 Å². The molecule has 0 aliphatic heterocycles. The molecular formula is C14H18BrN3. The summed E-state index contributed by atoms with van der Waals surface area (Å²) in [5.74, 6) is 0.874. The van der Waals surface area contributed by atoms with E-state index in [-0.39, 0.29) is 6.04 Å². The average molecular weight is 308 g/mol. The van der Waals surface area contributed by atoms with Gasteiger partial charge in [-0.2, -0.15) is 0 Å². The third kappa shape index (κ3) is 3.21. The molecule has 2 aromatic rings. The van der Waals surface area contributed by atoms with Crippen LogP contribution in [-0.2, 0) is 0 Å². The Balaban J connectivity index is 2.15. The first-order valence-electron chi connectivity index (χ1n) is 6.27. The lowest BCUT2D eigenvalue weighted by atomic mass is 10.1. The monoisotopic (exact) mass is 307 g/mol. The van der Waals surface area contributed by atoms with Crippen LogP contribution in [-0.4, -0.2) is 9.97 Å². The van der Waals surface area contributed by atoms with Crippen LogP contribution in [0.25, 0.3) is 11.3 Å². The Kier molecular flexibility index (Phi) is 4.55. The number of aromatic amines is 1. The quantitative estimate of drug-likeness (QED) is 0.876. The molecule has 96 valence electrons. The largest absolute Gasteiger partial charge is 0.341 e. The number of rotatable bonds is 5. The highest BCUT2D eigenvalue weighted by Gasteiger charge is 2.10. The van der Waals surface area contributed by atoms with Crippen molar-refractivity contribution in [3.8, 4) is 11.3 Å². The van der Waals surface area contributed by atoms with Crippen molar-refractivity contribution in [2.45, 2.75) is 32.2 Å². The molecule has 0 bridgehead atoms. The van der Waals surface area contributed by atoms with Crippen molar-refractivity contribution in [2.24, 2.45) is 5.73 Å². The zero-order valence-electron chi connectivity index (χ0n) is 10.5. The van der Waals surface area contributed by atoms with Crippen molar-refractivity contribution in [3.63, 3.8) is 0 Å². The molecule has 0 amide bonds. The van der Waals surface area contributed by atoms with E-state index in [0.717, 1.165) is 40.8 Å². The van der Waals surface area contributed by atoms with E-state index < -0.39 is 0 Å². The fourth-order valence-corrected chi connectivity index (χ4v) is 2.29. The predicted octanol–water partition coefficient (Wildman–Crippen LogP) is 4.03. The minimum Gasteiger partial charge on any atom is -0.341 e. The van der Waals surface area contributed by atoms with Crippen molar-refractivity contribution < 1.29 is 0 Å². The third-order valence-corrected chi connectivity index (χ3v) is 3.44. The molecule has 3 N–H and O–H groups in total. The van der Waals surface area contributed by atoms with Crippen LogP contribution in [0.15, 0.2) is 34.9 Å². The van der Waals surface area contributed by atoms with E-state index in [1.54, 1.807) is 0 Å². The molecule has 1 aromatic heterocycles. The van der Waals surface area contributed by atoms with Crippen LogP contribution in [0, 0.1) is 0 Å². The second-order valence-corrected chi connectivity index (χ2v) is 5.36. The van der Waals surface area contributed by atoms with Gasteiger partial charge in [0.15, 0.2) is 0 Å². The zero-order chi connectivity index (χ0) is 13.0. The predicted molar refractivity (Wildman–Crippen MR) is 78.2 cm³/mol. The van der Waals surface area contributed by atoms with Gasteiger partial charge in [-0.1, -0.05) is 47.8 Å². The maximum absolute atomic E-state index is 6.10. The number of nitrogens with one attached hydrogen (secondary N) is 1. The standard InChI is InChI=1S/C14H18BrN3/c1-2-3-7-12(16)14-17-9-13(18-14)10-5-4-6-11(15)8-10/h4-6,8-9,12H,2-3,7,16H2,1H3,(H,17,18). The van der Waals surface area contributed by atoms with Gasteiger partial charge in [0, 0.05) is 10.0 Å². The molecule has 3 nitrogen and oxygen atoms in total. The van der Waals surface area contributed by atoms with Crippen LogP contribution in [0.4, 0.5) is 0 Å². The van der Waals surface area contributed by atoms with E-state index in [4.69, 9.17) is 5.73 Å². The van der Waals surface area contributed by atoms with Crippen molar-refractivity contribution in [1.82, 2.24) is 9.97 Å². The Morgan fingerprint density at radius 1 is 1.44 bits per heavy atom. The number of nitrogens with zero attached hydrogens (tertiary/aromatic N) is 1. The maximum atomic E-state index is 6.10. The van der Waals surface area contributed by atoms with E-state index in [1.807, 2.05) is 18.3 Å². The molecule has 2 rings (SSSR count). The molecule has 0 aliphatic carbocycles. The summed E-state index contributed by atoms with van der Waals surface area (Å²) < 4.78 is 1.06. The Morgan fingerprint density at radius 2 is 2.28 bits per heavy atom. The summed E-state index contributed by atoms with van der Waals surface area (Å²) in [5, 5.41) is 0. The number of H-pyrrole nitrogens is 1. The number of unbranched alkanes of at least 4 members (excludes halogenated alkanes) is 1. The number of benzene rings is 1. The summed E-state index contributed by atoms with van der Waals surface area (Å²) in [6, 6.07) is 8.14. The summed E-state index contributed by atoms with van der Waals surface area (Å²) in [6.07, 6.45) is 5.12. The molecular weight excluding hydrogens is 290 g/mol. The number of halogens is 1. The van der Waals surface area contributed by atoms with E-state index in [2.05, 4.69) is 45.0 Å². The summed E-state index contributed by atoms with van der Waals surface area (Å²) in [7, 11) is 0. The second-order valence-electron chi connectivity index (χ2n) is 4.44. The molecule has 1 heterocycles. The SMILES string of the molecule is CCCCC(N)c1ncc(-c2cccc(Br)c2)[nH]1. The highest BCUT2D eigenvalue weighted by atomic mass is 79.9. The van der Waals surface area contributed by atoms with Crippen molar-refractivity contribution >= 4 is 15.9 Å². The Bertz CT molecular complexity index is 507.